The van der Waals surface area contributed by atoms with E-state index in [-0.39, 0.29) is 5.82 Å². The molecule has 0 radical (unpaired) electrons. The van der Waals surface area contributed by atoms with Gasteiger partial charge in [-0.2, -0.15) is 5.10 Å². The highest BCUT2D eigenvalue weighted by molar-refractivity contribution is 5.88. The number of nitrogens with one attached hydrogen (secondary N) is 1. The van der Waals surface area contributed by atoms with Crippen LogP contribution in [0.1, 0.15) is 24.3 Å². The summed E-state index contributed by atoms with van der Waals surface area (Å²) >= 11 is 0. The smallest absolute Gasteiger partial charge is 0.160 e. The minimum atomic E-state index is -0.319. The number of aryl methyl sites for hydroxylation is 1. The molecule has 2 fully saturated rings. The van der Waals surface area contributed by atoms with Gasteiger partial charge >= 0.3 is 0 Å². The zero-order valence-electron chi connectivity index (χ0n) is 16.9. The van der Waals surface area contributed by atoms with E-state index >= 15 is 0 Å². The molecule has 6 rings (SSSR count). The Bertz CT molecular complexity index is 1270. The van der Waals surface area contributed by atoms with Gasteiger partial charge in [0.05, 0.1) is 17.6 Å². The molecule has 1 saturated carbocycles. The topological polar surface area (TPSA) is 58.9 Å². The van der Waals surface area contributed by atoms with Crippen molar-refractivity contribution in [2.45, 2.75) is 18.8 Å². The molecule has 152 valence electrons. The van der Waals surface area contributed by atoms with Gasteiger partial charge in [0.2, 0.25) is 0 Å². The number of anilines is 1. The van der Waals surface area contributed by atoms with Crippen molar-refractivity contribution in [3.05, 3.63) is 48.0 Å². The van der Waals surface area contributed by atoms with Crippen LogP contribution < -0.4 is 10.2 Å². The Labute approximate surface area is 173 Å². The highest BCUT2D eigenvalue weighted by atomic mass is 19.1. The molecule has 0 bridgehead atoms. The zero-order chi connectivity index (χ0) is 20.2. The van der Waals surface area contributed by atoms with E-state index in [1.807, 2.05) is 18.5 Å². The predicted molar refractivity (Wildman–Crippen MR) is 116 cm³/mol. The van der Waals surface area contributed by atoms with E-state index in [0.717, 1.165) is 59.5 Å². The lowest BCUT2D eigenvalue weighted by atomic mass is 10.0. The van der Waals surface area contributed by atoms with Gasteiger partial charge in [0.25, 0.3) is 0 Å². The second kappa shape index (κ2) is 6.74. The van der Waals surface area contributed by atoms with Crippen LogP contribution in [0, 0.1) is 5.82 Å². The summed E-state index contributed by atoms with van der Waals surface area (Å²) in [7, 11) is 1.80. The second-order valence-corrected chi connectivity index (χ2v) is 8.37. The Balaban J connectivity index is 1.49. The third kappa shape index (κ3) is 3.01. The molecule has 0 spiro atoms. The maximum absolute atomic E-state index is 14.7. The van der Waals surface area contributed by atoms with Gasteiger partial charge in [0, 0.05) is 55.8 Å². The van der Waals surface area contributed by atoms with Gasteiger partial charge < -0.3 is 10.2 Å². The normalized spacial score (nSPS) is 17.2. The summed E-state index contributed by atoms with van der Waals surface area (Å²) in [6.45, 7) is 3.96. The van der Waals surface area contributed by atoms with Crippen LogP contribution in [-0.2, 0) is 7.05 Å². The average molecular weight is 402 g/mol. The van der Waals surface area contributed by atoms with Gasteiger partial charge in [-0.3, -0.25) is 4.68 Å². The number of halogens is 1. The van der Waals surface area contributed by atoms with Crippen molar-refractivity contribution in [2.24, 2.45) is 7.05 Å². The highest BCUT2D eigenvalue weighted by Gasteiger charge is 2.27. The largest absolute Gasteiger partial charge is 0.368 e. The molecular formula is C23H23FN6. The van der Waals surface area contributed by atoms with Gasteiger partial charge in [-0.1, -0.05) is 0 Å². The van der Waals surface area contributed by atoms with Crippen LogP contribution in [0.25, 0.3) is 33.2 Å². The third-order valence-electron chi connectivity index (χ3n) is 6.15. The summed E-state index contributed by atoms with van der Waals surface area (Å²) in [6.07, 6.45) is 6.13. The summed E-state index contributed by atoms with van der Waals surface area (Å²) in [5, 5.41) is 9.51. The molecule has 2 aliphatic rings. The molecule has 0 atom stereocenters. The Morgan fingerprint density at radius 3 is 2.73 bits per heavy atom. The average Bonchev–Trinajstić information content (AvgIpc) is 3.54. The monoisotopic (exact) mass is 402 g/mol. The number of fused-ring (bicyclic) bond motifs is 2. The van der Waals surface area contributed by atoms with Crippen molar-refractivity contribution >= 4 is 27.6 Å². The van der Waals surface area contributed by atoms with Gasteiger partial charge in [0.15, 0.2) is 11.5 Å². The fraction of sp³-hybridized carbons (Fsp3) is 0.348. The van der Waals surface area contributed by atoms with Crippen LogP contribution in [0.15, 0.2) is 36.7 Å². The van der Waals surface area contributed by atoms with Crippen LogP contribution >= 0.6 is 0 Å². The molecule has 0 amide bonds. The molecule has 4 heterocycles. The molecule has 4 aromatic rings. The molecule has 30 heavy (non-hydrogen) atoms. The fourth-order valence-electron chi connectivity index (χ4n) is 4.46. The number of piperazine rings is 1. The minimum Gasteiger partial charge on any atom is -0.368 e. The van der Waals surface area contributed by atoms with Crippen LogP contribution in [0.5, 0.6) is 0 Å². The van der Waals surface area contributed by atoms with E-state index in [1.165, 1.54) is 24.5 Å². The maximum atomic E-state index is 14.7. The summed E-state index contributed by atoms with van der Waals surface area (Å²) in [6, 6.07) is 7.88. The van der Waals surface area contributed by atoms with Crippen molar-refractivity contribution in [1.29, 1.82) is 0 Å². The molecule has 0 unspecified atom stereocenters. The van der Waals surface area contributed by atoms with Crippen LogP contribution in [-0.4, -0.2) is 45.9 Å². The first kappa shape index (κ1) is 17.8. The van der Waals surface area contributed by atoms with E-state index in [9.17, 15) is 4.39 Å². The van der Waals surface area contributed by atoms with Crippen LogP contribution in [0.3, 0.4) is 0 Å². The summed E-state index contributed by atoms with van der Waals surface area (Å²) in [4.78, 5) is 11.9. The lowest BCUT2D eigenvalue weighted by Gasteiger charge is -2.29. The van der Waals surface area contributed by atoms with E-state index in [2.05, 4.69) is 27.4 Å². The number of benzene rings is 1. The number of hydrogen-bond acceptors (Lipinski definition) is 5. The Morgan fingerprint density at radius 1 is 1.10 bits per heavy atom. The third-order valence-corrected chi connectivity index (χ3v) is 6.15. The Morgan fingerprint density at radius 2 is 1.93 bits per heavy atom. The van der Waals surface area contributed by atoms with Crippen molar-refractivity contribution in [2.75, 3.05) is 31.1 Å². The van der Waals surface area contributed by atoms with Gasteiger partial charge in [-0.25, -0.2) is 14.4 Å². The first-order chi connectivity index (χ1) is 14.7. The molecule has 3 aromatic heterocycles. The second-order valence-electron chi connectivity index (χ2n) is 8.37. The molecule has 7 heteroatoms. The SMILES string of the molecule is Cn1cc2cc(-c3cc(C4CC4)c4cc(N5CCNCC5)cnc4n3)cc(F)c2n1. The van der Waals surface area contributed by atoms with Gasteiger partial charge in [0.1, 0.15) is 5.52 Å². The first-order valence-electron chi connectivity index (χ1n) is 10.6. The van der Waals surface area contributed by atoms with Crippen molar-refractivity contribution in [3.63, 3.8) is 0 Å². The van der Waals surface area contributed by atoms with Gasteiger partial charge in [-0.05, 0) is 48.6 Å². The summed E-state index contributed by atoms with van der Waals surface area (Å²) in [5.41, 5.74) is 5.11. The fourth-order valence-corrected chi connectivity index (χ4v) is 4.46. The van der Waals surface area contributed by atoms with E-state index < -0.39 is 0 Å². The zero-order valence-corrected chi connectivity index (χ0v) is 16.9. The molecule has 6 nitrogen and oxygen atoms in total. The quantitative estimate of drug-likeness (QED) is 0.567. The first-order valence-corrected chi connectivity index (χ1v) is 10.6. The minimum absolute atomic E-state index is 0.319. The molecule has 1 N–H and O–H groups in total. The lowest BCUT2D eigenvalue weighted by Crippen LogP contribution is -2.43. The number of rotatable bonds is 3. The molecular weight excluding hydrogens is 379 g/mol. The highest BCUT2D eigenvalue weighted by Crippen LogP contribution is 2.44. The molecule has 1 aliphatic carbocycles. The Kier molecular flexibility index (Phi) is 3.99. The van der Waals surface area contributed by atoms with Crippen LogP contribution in [0.2, 0.25) is 0 Å². The van der Waals surface area contributed by atoms with E-state index in [0.29, 0.717) is 11.4 Å². The predicted octanol–water partition coefficient (Wildman–Crippen LogP) is 3.61. The van der Waals surface area contributed by atoms with Gasteiger partial charge in [-0.15, -0.1) is 0 Å². The van der Waals surface area contributed by atoms with E-state index in [1.54, 1.807) is 11.7 Å². The van der Waals surface area contributed by atoms with Crippen molar-refractivity contribution in [1.82, 2.24) is 25.1 Å². The van der Waals surface area contributed by atoms with Crippen molar-refractivity contribution in [3.8, 4) is 11.3 Å². The number of pyridine rings is 2. The van der Waals surface area contributed by atoms with E-state index in [4.69, 9.17) is 9.97 Å². The summed E-state index contributed by atoms with van der Waals surface area (Å²) < 4.78 is 16.3. The number of hydrogen-bond donors (Lipinski definition) is 1. The van der Waals surface area contributed by atoms with Crippen LogP contribution in [0.4, 0.5) is 10.1 Å². The van der Waals surface area contributed by atoms with Crippen molar-refractivity contribution < 1.29 is 4.39 Å². The molecule has 1 saturated heterocycles. The lowest BCUT2D eigenvalue weighted by molar-refractivity contribution is 0.589. The summed E-state index contributed by atoms with van der Waals surface area (Å²) in [5.74, 6) is 0.223. The number of aromatic nitrogens is 4. The standard InChI is InChI=1S/C23H23FN6/c1-29-13-16-8-15(9-20(24)22(16)28-29)21-11-18(14-2-3-14)19-10-17(12-26-23(19)27-21)30-6-4-25-5-7-30/h8-14,25H,2-7H2,1H3. The molecule has 1 aromatic carbocycles. The maximum Gasteiger partial charge on any atom is 0.160 e. The number of nitrogens with zero attached hydrogens (tertiary/aromatic N) is 5. The molecule has 1 aliphatic heterocycles. The Hall–Kier alpha value is -3.06.